The summed E-state index contributed by atoms with van der Waals surface area (Å²) in [5.74, 6) is 0.600. The molecule has 2 aromatic heterocycles. The predicted octanol–water partition coefficient (Wildman–Crippen LogP) is 3.25. The van der Waals surface area contributed by atoms with Crippen LogP contribution in [0.25, 0.3) is 0 Å². The maximum absolute atomic E-state index is 13.3. The molecule has 0 bridgehead atoms. The highest BCUT2D eigenvalue weighted by atomic mass is 16.5. The van der Waals surface area contributed by atoms with E-state index < -0.39 is 5.91 Å². The Bertz CT molecular complexity index is 1400. The lowest BCUT2D eigenvalue weighted by Gasteiger charge is -2.35. The first-order valence-corrected chi connectivity index (χ1v) is 13.9. The van der Waals surface area contributed by atoms with Crippen molar-refractivity contribution in [3.05, 3.63) is 71.2 Å². The van der Waals surface area contributed by atoms with E-state index in [0.29, 0.717) is 63.1 Å². The molecule has 1 saturated heterocycles. The van der Waals surface area contributed by atoms with Gasteiger partial charge >= 0.3 is 0 Å². The molecule has 0 radical (unpaired) electrons. The number of nitrogens with one attached hydrogen (secondary N) is 2. The highest BCUT2D eigenvalue weighted by Gasteiger charge is 2.35. The van der Waals surface area contributed by atoms with Gasteiger partial charge in [0.05, 0.1) is 36.5 Å². The van der Waals surface area contributed by atoms with Gasteiger partial charge in [-0.05, 0) is 31.5 Å². The number of carbonyl (C=O) groups is 3. The number of nitrogens with zero attached hydrogens (tertiary/aromatic N) is 3. The molecule has 0 aliphatic carbocycles. The van der Waals surface area contributed by atoms with Crippen molar-refractivity contribution < 1.29 is 28.3 Å². The summed E-state index contributed by atoms with van der Waals surface area (Å²) >= 11 is 0. The van der Waals surface area contributed by atoms with Crippen molar-refractivity contribution in [2.75, 3.05) is 43.0 Å². The minimum Gasteiger partial charge on any atom is -0.476 e. The second-order valence-electron chi connectivity index (χ2n) is 10.1. The van der Waals surface area contributed by atoms with Gasteiger partial charge in [-0.3, -0.25) is 14.4 Å². The van der Waals surface area contributed by atoms with Crippen molar-refractivity contribution in [3.8, 4) is 5.88 Å². The maximum atomic E-state index is 13.3. The van der Waals surface area contributed by atoms with E-state index in [1.54, 1.807) is 24.0 Å². The van der Waals surface area contributed by atoms with Crippen molar-refractivity contribution in [2.45, 2.75) is 45.9 Å². The van der Waals surface area contributed by atoms with Crippen molar-refractivity contribution in [1.29, 1.82) is 0 Å². The van der Waals surface area contributed by atoms with Gasteiger partial charge in [0.15, 0.2) is 0 Å². The molecular formula is C30H35N5O6. The summed E-state index contributed by atoms with van der Waals surface area (Å²) in [6, 6.07) is 13.1. The number of furan rings is 1. The number of pyridine rings is 1. The summed E-state index contributed by atoms with van der Waals surface area (Å²) in [6.45, 7) is 8.63. The number of anilines is 2. The number of aromatic nitrogens is 1. The number of ether oxygens (including phenoxy) is 2. The van der Waals surface area contributed by atoms with E-state index in [2.05, 4.69) is 20.5 Å². The molecule has 2 aliphatic heterocycles. The largest absolute Gasteiger partial charge is 0.476 e. The first-order valence-electron chi connectivity index (χ1n) is 13.9. The van der Waals surface area contributed by atoms with Gasteiger partial charge in [-0.15, -0.1) is 0 Å². The number of rotatable bonds is 9. The van der Waals surface area contributed by atoms with E-state index in [1.165, 1.54) is 6.26 Å². The summed E-state index contributed by atoms with van der Waals surface area (Å²) in [7, 11) is 0. The third kappa shape index (κ3) is 6.35. The molecule has 0 spiro atoms. The topological polar surface area (TPSA) is 126 Å². The molecule has 2 atom stereocenters. The molecule has 11 heteroatoms. The molecule has 41 heavy (non-hydrogen) atoms. The molecule has 216 valence electrons. The Kier molecular flexibility index (Phi) is 8.53. The van der Waals surface area contributed by atoms with E-state index in [0.717, 1.165) is 5.56 Å². The summed E-state index contributed by atoms with van der Waals surface area (Å²) in [4.78, 5) is 46.6. The molecule has 1 aromatic carbocycles. The third-order valence-corrected chi connectivity index (χ3v) is 7.41. The zero-order valence-corrected chi connectivity index (χ0v) is 23.5. The van der Waals surface area contributed by atoms with E-state index in [9.17, 15) is 14.4 Å². The molecular weight excluding hydrogens is 526 g/mol. The Labute approximate surface area is 238 Å². The van der Waals surface area contributed by atoms with Gasteiger partial charge in [-0.25, -0.2) is 0 Å². The van der Waals surface area contributed by atoms with Crippen molar-refractivity contribution >= 4 is 29.2 Å². The van der Waals surface area contributed by atoms with Gasteiger partial charge < -0.3 is 34.3 Å². The molecule has 4 heterocycles. The van der Waals surface area contributed by atoms with Crippen molar-refractivity contribution in [2.24, 2.45) is 0 Å². The predicted molar refractivity (Wildman–Crippen MR) is 152 cm³/mol. The number of fused-ring (bicyclic) bond motifs is 1. The molecule has 5 rings (SSSR count). The van der Waals surface area contributed by atoms with Crippen LogP contribution in [0.4, 0.5) is 11.5 Å². The molecule has 2 aliphatic rings. The molecule has 3 aromatic rings. The lowest BCUT2D eigenvalue weighted by molar-refractivity contribution is -0.129. The number of piperazine rings is 1. The fourth-order valence-corrected chi connectivity index (χ4v) is 5.05. The Morgan fingerprint density at radius 1 is 1.15 bits per heavy atom. The van der Waals surface area contributed by atoms with Crippen LogP contribution < -0.4 is 20.3 Å². The zero-order chi connectivity index (χ0) is 28.9. The van der Waals surface area contributed by atoms with Gasteiger partial charge in [0, 0.05) is 39.5 Å². The summed E-state index contributed by atoms with van der Waals surface area (Å²) in [5, 5.41) is 5.80. The Morgan fingerprint density at radius 2 is 1.90 bits per heavy atom. The average molecular weight is 562 g/mol. The summed E-state index contributed by atoms with van der Waals surface area (Å²) in [6.07, 6.45) is 1.45. The van der Waals surface area contributed by atoms with Crippen molar-refractivity contribution in [3.63, 3.8) is 0 Å². The minimum atomic E-state index is -0.498. The number of benzene rings is 1. The highest BCUT2D eigenvalue weighted by molar-refractivity contribution is 6.13. The second-order valence-corrected chi connectivity index (χ2v) is 10.1. The molecule has 0 unspecified atom stereocenters. The Balaban J connectivity index is 1.25. The fourth-order valence-electron chi connectivity index (χ4n) is 5.05. The zero-order valence-electron chi connectivity index (χ0n) is 23.5. The summed E-state index contributed by atoms with van der Waals surface area (Å²) in [5.41, 5.74) is 1.79. The van der Waals surface area contributed by atoms with Gasteiger partial charge in [0.1, 0.15) is 23.5 Å². The van der Waals surface area contributed by atoms with Crippen LogP contribution in [-0.4, -0.2) is 72.5 Å². The number of carbonyl (C=O) groups excluding carboxylic acids is 3. The second kappa shape index (κ2) is 12.4. The van der Waals surface area contributed by atoms with Gasteiger partial charge in [0.2, 0.25) is 11.8 Å². The van der Waals surface area contributed by atoms with Crippen LogP contribution >= 0.6 is 0 Å². The molecule has 3 amide bonds. The molecule has 0 saturated carbocycles. The maximum Gasteiger partial charge on any atom is 0.259 e. The Morgan fingerprint density at radius 3 is 2.61 bits per heavy atom. The van der Waals surface area contributed by atoms with E-state index in [4.69, 9.17) is 13.9 Å². The van der Waals surface area contributed by atoms with Crippen LogP contribution in [0, 0.1) is 0 Å². The monoisotopic (exact) mass is 561 g/mol. The Hall–Kier alpha value is -4.38. The van der Waals surface area contributed by atoms with Crippen LogP contribution in [0.15, 0.2) is 53.1 Å². The smallest absolute Gasteiger partial charge is 0.259 e. The van der Waals surface area contributed by atoms with Crippen LogP contribution in [0.5, 0.6) is 5.88 Å². The van der Waals surface area contributed by atoms with E-state index in [-0.39, 0.29) is 41.0 Å². The SMILES string of the molecule is CCOc1nc(N2CCN(C(C)=O)CC2)ccc1NC(=O)c1coc2c1C(=O)N[C@@H]([C@@H](C)OCc1ccccc1)C2. The van der Waals surface area contributed by atoms with Crippen LogP contribution in [0.2, 0.25) is 0 Å². The number of amides is 3. The van der Waals surface area contributed by atoms with Gasteiger partial charge in [-0.2, -0.15) is 4.98 Å². The van der Waals surface area contributed by atoms with Crippen molar-refractivity contribution in [1.82, 2.24) is 15.2 Å². The fraction of sp³-hybridized carbons (Fsp3) is 0.400. The molecule has 11 nitrogen and oxygen atoms in total. The van der Waals surface area contributed by atoms with Gasteiger partial charge in [-0.1, -0.05) is 30.3 Å². The third-order valence-electron chi connectivity index (χ3n) is 7.41. The number of hydrogen-bond acceptors (Lipinski definition) is 8. The van der Waals surface area contributed by atoms with Crippen LogP contribution in [-0.2, 0) is 22.6 Å². The summed E-state index contributed by atoms with van der Waals surface area (Å²) < 4.78 is 17.4. The quantitative estimate of drug-likeness (QED) is 0.408. The number of hydrogen-bond donors (Lipinski definition) is 2. The minimum absolute atomic E-state index is 0.0576. The normalized spacial score (nSPS) is 17.4. The molecule has 1 fully saturated rings. The van der Waals surface area contributed by atoms with Crippen LogP contribution in [0.1, 0.15) is 52.8 Å². The van der Waals surface area contributed by atoms with E-state index in [1.807, 2.05) is 44.2 Å². The van der Waals surface area contributed by atoms with E-state index >= 15 is 0 Å². The van der Waals surface area contributed by atoms with Gasteiger partial charge in [0.25, 0.3) is 11.8 Å². The molecule has 2 N–H and O–H groups in total. The first kappa shape index (κ1) is 28.2. The average Bonchev–Trinajstić information content (AvgIpc) is 3.42. The standard InChI is InChI=1S/C30H35N5O6/c1-4-39-30-23(10-11-26(33-30)35-14-12-34(13-15-35)20(3)36)31-28(37)22-18-41-25-16-24(32-29(38)27(22)25)19(2)40-17-21-8-6-5-7-9-21/h5-11,18-19,24H,4,12-17H2,1-3H3,(H,31,37)(H,32,38)/t19-,24-/m1/s1. The van der Waals surface area contributed by atoms with Crippen LogP contribution in [0.3, 0.4) is 0 Å². The lowest BCUT2D eigenvalue weighted by atomic mass is 9.96. The lowest BCUT2D eigenvalue weighted by Crippen LogP contribution is -2.48. The first-order chi connectivity index (χ1) is 19.8. The highest BCUT2D eigenvalue weighted by Crippen LogP contribution is 2.30.